The monoisotopic (exact) mass is 534 g/mol. The molecule has 178 valence electrons. The van der Waals surface area contributed by atoms with Crippen molar-refractivity contribution < 1.29 is 19.1 Å². The van der Waals surface area contributed by atoms with Crippen molar-refractivity contribution in [2.75, 3.05) is 4.90 Å². The molecule has 1 atom stereocenters. The molecule has 0 saturated heterocycles. The van der Waals surface area contributed by atoms with E-state index in [1.807, 2.05) is 37.3 Å². The number of hydrogen-bond acceptors (Lipinski definition) is 6. The summed E-state index contributed by atoms with van der Waals surface area (Å²) in [5, 5.41) is 12.7. The maximum Gasteiger partial charge on any atom is 0.296 e. The van der Waals surface area contributed by atoms with Crippen LogP contribution in [0, 0.1) is 6.92 Å². The van der Waals surface area contributed by atoms with E-state index in [9.17, 15) is 14.7 Å². The topological polar surface area (TPSA) is 83.6 Å². The maximum atomic E-state index is 13.7. The number of fused-ring (bicyclic) bond motifs is 2. The highest BCUT2D eigenvalue weighted by Crippen LogP contribution is 2.45. The van der Waals surface area contributed by atoms with Crippen molar-refractivity contribution in [3.8, 4) is 0 Å². The molecule has 5 aromatic rings. The molecule has 0 aliphatic carbocycles. The lowest BCUT2D eigenvalue weighted by atomic mass is 9.95. The first kappa shape index (κ1) is 22.8. The van der Waals surface area contributed by atoms with Crippen LogP contribution in [0.2, 0.25) is 10.0 Å². The Morgan fingerprint density at radius 2 is 1.86 bits per heavy atom. The van der Waals surface area contributed by atoms with Crippen LogP contribution in [-0.4, -0.2) is 21.8 Å². The number of nitrogens with zero attached hydrogens (tertiary/aromatic N) is 2. The summed E-state index contributed by atoms with van der Waals surface area (Å²) in [6.07, 6.45) is 0. The number of benzene rings is 3. The van der Waals surface area contributed by atoms with Crippen molar-refractivity contribution in [3.63, 3.8) is 0 Å². The fourth-order valence-corrected chi connectivity index (χ4v) is 5.78. The highest BCUT2D eigenvalue weighted by molar-refractivity contribution is 7.22. The Kier molecular flexibility index (Phi) is 5.37. The Labute approximate surface area is 219 Å². The van der Waals surface area contributed by atoms with Gasteiger partial charge in [0.15, 0.2) is 16.7 Å². The molecule has 3 aromatic carbocycles. The minimum Gasteiger partial charge on any atom is -0.503 e. The summed E-state index contributed by atoms with van der Waals surface area (Å²) in [6, 6.07) is 18.4. The van der Waals surface area contributed by atoms with Gasteiger partial charge < -0.3 is 9.52 Å². The average Bonchev–Trinajstić information content (AvgIpc) is 3.54. The molecular weight excluding hydrogens is 519 g/mol. The van der Waals surface area contributed by atoms with Gasteiger partial charge in [-0.25, -0.2) is 4.98 Å². The zero-order valence-electron chi connectivity index (χ0n) is 18.7. The van der Waals surface area contributed by atoms with Gasteiger partial charge in [-0.05, 0) is 54.4 Å². The third-order valence-electron chi connectivity index (χ3n) is 6.10. The van der Waals surface area contributed by atoms with E-state index in [0.29, 0.717) is 26.8 Å². The second-order valence-electron chi connectivity index (χ2n) is 8.46. The number of furan rings is 1. The number of carbonyl (C=O) groups excluding carboxylic acids is 2. The Balaban J connectivity index is 1.53. The van der Waals surface area contributed by atoms with Gasteiger partial charge in [0.05, 0.1) is 31.9 Å². The number of carbonyl (C=O) groups is 2. The van der Waals surface area contributed by atoms with E-state index >= 15 is 0 Å². The number of amides is 1. The summed E-state index contributed by atoms with van der Waals surface area (Å²) in [5.74, 6) is -1.99. The summed E-state index contributed by atoms with van der Waals surface area (Å²) in [4.78, 5) is 33.1. The van der Waals surface area contributed by atoms with Crippen LogP contribution in [-0.2, 0) is 4.79 Å². The van der Waals surface area contributed by atoms with Gasteiger partial charge in [0.2, 0.25) is 5.78 Å². The van der Waals surface area contributed by atoms with Crippen LogP contribution < -0.4 is 4.90 Å². The molecule has 1 unspecified atom stereocenters. The largest absolute Gasteiger partial charge is 0.503 e. The van der Waals surface area contributed by atoms with Crippen molar-refractivity contribution in [1.82, 2.24) is 4.98 Å². The molecule has 6 rings (SSSR count). The molecule has 6 nitrogen and oxygen atoms in total. The van der Waals surface area contributed by atoms with Crippen molar-refractivity contribution in [2.24, 2.45) is 0 Å². The van der Waals surface area contributed by atoms with Gasteiger partial charge in [0, 0.05) is 5.39 Å². The summed E-state index contributed by atoms with van der Waals surface area (Å²) in [7, 11) is 0. The average molecular weight is 535 g/mol. The highest BCUT2D eigenvalue weighted by atomic mass is 35.5. The molecule has 1 aliphatic heterocycles. The van der Waals surface area contributed by atoms with E-state index in [2.05, 4.69) is 4.98 Å². The first-order chi connectivity index (χ1) is 17.3. The minimum absolute atomic E-state index is 0.0115. The predicted octanol–water partition coefficient (Wildman–Crippen LogP) is 7.44. The first-order valence-electron chi connectivity index (χ1n) is 10.9. The van der Waals surface area contributed by atoms with Gasteiger partial charge in [0.25, 0.3) is 5.91 Å². The number of ketones is 1. The molecule has 1 aliphatic rings. The van der Waals surface area contributed by atoms with Crippen LogP contribution in [0.5, 0.6) is 0 Å². The second kappa shape index (κ2) is 8.48. The molecule has 0 saturated carbocycles. The van der Waals surface area contributed by atoms with E-state index in [0.717, 1.165) is 15.6 Å². The molecule has 1 N–H and O–H groups in total. The number of para-hydroxylation sites is 1. The lowest BCUT2D eigenvalue weighted by Crippen LogP contribution is -2.31. The van der Waals surface area contributed by atoms with Gasteiger partial charge in [0.1, 0.15) is 5.58 Å². The standard InChI is InChI=1S/C27H16Cl2N2O4S/c1-13-6-9-18-21(10-13)36-27(30-18)31-23(15-7-8-16(28)17(29)11-15)22(25(33)26(31)34)24(32)20-12-14-4-2-3-5-19(14)35-20/h2-12,23,33H,1H3. The Morgan fingerprint density at radius 1 is 1.06 bits per heavy atom. The lowest BCUT2D eigenvalue weighted by Gasteiger charge is -2.24. The van der Waals surface area contributed by atoms with E-state index < -0.39 is 23.5 Å². The van der Waals surface area contributed by atoms with E-state index in [1.54, 1.807) is 36.4 Å². The van der Waals surface area contributed by atoms with Crippen LogP contribution in [0.1, 0.15) is 27.7 Å². The molecule has 0 bridgehead atoms. The number of aryl methyl sites for hydroxylation is 1. The van der Waals surface area contributed by atoms with Gasteiger partial charge in [-0.15, -0.1) is 0 Å². The fourth-order valence-electron chi connectivity index (χ4n) is 4.38. The number of thiazole rings is 1. The lowest BCUT2D eigenvalue weighted by molar-refractivity contribution is -0.117. The number of aliphatic hydroxyl groups excluding tert-OH is 1. The van der Waals surface area contributed by atoms with Crippen LogP contribution in [0.15, 0.2) is 82.5 Å². The van der Waals surface area contributed by atoms with Gasteiger partial charge in [-0.1, -0.05) is 64.9 Å². The number of aromatic nitrogens is 1. The molecule has 36 heavy (non-hydrogen) atoms. The van der Waals surface area contributed by atoms with Crippen molar-refractivity contribution in [1.29, 1.82) is 0 Å². The minimum atomic E-state index is -0.991. The Bertz CT molecular complexity index is 1720. The zero-order chi connectivity index (χ0) is 25.1. The number of aliphatic hydroxyl groups is 1. The Morgan fingerprint density at radius 3 is 2.64 bits per heavy atom. The Hall–Kier alpha value is -3.65. The van der Waals surface area contributed by atoms with Crippen LogP contribution in [0.25, 0.3) is 21.2 Å². The van der Waals surface area contributed by atoms with E-state index in [4.69, 9.17) is 27.6 Å². The summed E-state index contributed by atoms with van der Waals surface area (Å²) >= 11 is 13.7. The molecule has 9 heteroatoms. The number of halogens is 2. The van der Waals surface area contributed by atoms with Gasteiger partial charge in [-0.2, -0.15) is 0 Å². The number of anilines is 1. The number of Topliss-reactive ketones (excluding diaryl/α,β-unsaturated/α-hetero) is 1. The first-order valence-corrected chi connectivity index (χ1v) is 12.5. The van der Waals surface area contributed by atoms with E-state index in [-0.39, 0.29) is 16.4 Å². The predicted molar refractivity (Wildman–Crippen MR) is 141 cm³/mol. The molecule has 1 amide bonds. The SMILES string of the molecule is Cc1ccc2nc(N3C(=O)C(O)=C(C(=O)c4cc5ccccc5o4)C3c3ccc(Cl)c(Cl)c3)sc2c1. The van der Waals surface area contributed by atoms with Crippen molar-refractivity contribution >= 4 is 72.5 Å². The van der Waals surface area contributed by atoms with Crippen LogP contribution >= 0.6 is 34.5 Å². The summed E-state index contributed by atoms with van der Waals surface area (Å²) in [6.45, 7) is 1.97. The van der Waals surface area contributed by atoms with Crippen molar-refractivity contribution in [3.05, 3.63) is 105 Å². The smallest absolute Gasteiger partial charge is 0.296 e. The quantitative estimate of drug-likeness (QED) is 0.242. The molecule has 0 fully saturated rings. The summed E-state index contributed by atoms with van der Waals surface area (Å²) in [5.41, 5.74) is 2.66. The van der Waals surface area contributed by atoms with E-state index in [1.165, 1.54) is 16.2 Å². The normalized spacial score (nSPS) is 16.0. The summed E-state index contributed by atoms with van der Waals surface area (Å²) < 4.78 is 6.65. The molecule has 0 radical (unpaired) electrons. The third-order valence-corrected chi connectivity index (χ3v) is 7.86. The third kappa shape index (κ3) is 3.59. The van der Waals surface area contributed by atoms with Crippen LogP contribution in [0.4, 0.5) is 5.13 Å². The molecule has 2 aromatic heterocycles. The van der Waals surface area contributed by atoms with Gasteiger partial charge in [-0.3, -0.25) is 14.5 Å². The van der Waals surface area contributed by atoms with Crippen molar-refractivity contribution in [2.45, 2.75) is 13.0 Å². The fraction of sp³-hybridized carbons (Fsp3) is 0.0741. The maximum absolute atomic E-state index is 13.7. The van der Waals surface area contributed by atoms with Crippen LogP contribution in [0.3, 0.4) is 0 Å². The number of rotatable bonds is 4. The van der Waals surface area contributed by atoms with Gasteiger partial charge >= 0.3 is 0 Å². The highest BCUT2D eigenvalue weighted by Gasteiger charge is 2.46. The molecular formula is C27H16Cl2N2O4S. The second-order valence-corrected chi connectivity index (χ2v) is 10.3. The number of hydrogen-bond donors (Lipinski definition) is 1. The molecule has 0 spiro atoms. The molecule has 3 heterocycles. The zero-order valence-corrected chi connectivity index (χ0v) is 21.0.